The molecule has 1 fully saturated rings. The van der Waals surface area contributed by atoms with E-state index in [-0.39, 0.29) is 31.8 Å². The van der Waals surface area contributed by atoms with Crippen LogP contribution < -0.4 is 10.6 Å². The number of carbonyl (C=O) groups excluding carboxylic acids is 3. The van der Waals surface area contributed by atoms with Crippen molar-refractivity contribution >= 4 is 29.5 Å². The summed E-state index contributed by atoms with van der Waals surface area (Å²) in [6.45, 7) is 9.39. The highest BCUT2D eigenvalue weighted by molar-refractivity contribution is 6.30. The monoisotopic (exact) mass is 536 g/mol. The average molecular weight is 537 g/mol. The van der Waals surface area contributed by atoms with E-state index in [1.54, 1.807) is 52.9 Å². The zero-order valence-electron chi connectivity index (χ0n) is 21.8. The topological polar surface area (TPSA) is 118 Å². The number of piperidine rings is 1. The van der Waals surface area contributed by atoms with Crippen LogP contribution in [0.15, 0.2) is 30.7 Å². The molecule has 10 nitrogen and oxygen atoms in total. The van der Waals surface area contributed by atoms with E-state index in [1.165, 1.54) is 15.8 Å². The van der Waals surface area contributed by atoms with Crippen LogP contribution in [0, 0.1) is 5.82 Å². The van der Waals surface area contributed by atoms with Crippen LogP contribution in [0.1, 0.15) is 65.5 Å². The van der Waals surface area contributed by atoms with Gasteiger partial charge >= 0.3 is 6.09 Å². The normalized spacial score (nSPS) is 17.0. The highest BCUT2D eigenvalue weighted by Gasteiger charge is 2.45. The largest absolute Gasteiger partial charge is 0.444 e. The van der Waals surface area contributed by atoms with E-state index in [1.807, 2.05) is 0 Å². The summed E-state index contributed by atoms with van der Waals surface area (Å²) in [6, 6.07) is 2.98. The standard InChI is InChI=1S/C25H34ClFN6O4/c1-6-19(26)21(34)31-25(9-11-32(12-10-25)23(36)37-24(3,4)5)22(35)30-16(2)17-7-8-20(28-13-17)33-15-18(27)14-29-33/h7-8,13-16,19H,6,9-12H2,1-5H3,(H,30,35)(H,31,34). The van der Waals surface area contributed by atoms with Crippen molar-refractivity contribution in [1.29, 1.82) is 0 Å². The van der Waals surface area contributed by atoms with E-state index in [4.69, 9.17) is 16.3 Å². The zero-order valence-corrected chi connectivity index (χ0v) is 22.5. The Morgan fingerprint density at radius 3 is 2.41 bits per heavy atom. The molecular formula is C25H34ClFN6O4. The summed E-state index contributed by atoms with van der Waals surface area (Å²) in [5, 5.41) is 8.92. The molecule has 0 radical (unpaired) electrons. The minimum absolute atomic E-state index is 0.200. The smallest absolute Gasteiger partial charge is 0.410 e. The predicted octanol–water partition coefficient (Wildman–Crippen LogP) is 3.49. The molecule has 0 aliphatic carbocycles. The molecule has 3 heterocycles. The van der Waals surface area contributed by atoms with E-state index < -0.39 is 40.4 Å². The van der Waals surface area contributed by atoms with E-state index in [9.17, 15) is 18.8 Å². The number of aromatic nitrogens is 3. The third-order valence-corrected chi connectivity index (χ3v) is 6.62. The first kappa shape index (κ1) is 28.4. The van der Waals surface area contributed by atoms with E-state index in [2.05, 4.69) is 20.7 Å². The molecule has 0 spiro atoms. The molecule has 12 heteroatoms. The fourth-order valence-corrected chi connectivity index (χ4v) is 3.99. The molecule has 3 rings (SSSR count). The number of pyridine rings is 1. The summed E-state index contributed by atoms with van der Waals surface area (Å²) < 4.78 is 20.0. The maximum Gasteiger partial charge on any atom is 0.410 e. The summed E-state index contributed by atoms with van der Waals surface area (Å²) >= 11 is 6.15. The molecule has 1 saturated heterocycles. The number of hydrogen-bond acceptors (Lipinski definition) is 6. The summed E-state index contributed by atoms with van der Waals surface area (Å²) in [5.74, 6) is -0.860. The number of ether oxygens (including phenoxy) is 1. The van der Waals surface area contributed by atoms with Crippen LogP contribution in [-0.4, -0.2) is 67.2 Å². The van der Waals surface area contributed by atoms with Crippen molar-refractivity contribution in [2.24, 2.45) is 0 Å². The van der Waals surface area contributed by atoms with Crippen molar-refractivity contribution in [2.75, 3.05) is 13.1 Å². The van der Waals surface area contributed by atoms with Gasteiger partial charge in [0.2, 0.25) is 11.8 Å². The highest BCUT2D eigenvalue weighted by Crippen LogP contribution is 2.26. The van der Waals surface area contributed by atoms with Crippen molar-refractivity contribution in [3.63, 3.8) is 0 Å². The molecule has 2 atom stereocenters. The third kappa shape index (κ3) is 7.18. The van der Waals surface area contributed by atoms with Gasteiger partial charge in [0.15, 0.2) is 11.6 Å². The van der Waals surface area contributed by atoms with Crippen molar-refractivity contribution in [2.45, 2.75) is 76.4 Å². The van der Waals surface area contributed by atoms with Crippen molar-refractivity contribution in [1.82, 2.24) is 30.3 Å². The Balaban J connectivity index is 1.73. The molecule has 0 bridgehead atoms. The molecule has 2 N–H and O–H groups in total. The molecule has 1 aliphatic rings. The molecule has 2 aromatic rings. The summed E-state index contributed by atoms with van der Waals surface area (Å²) in [5.41, 5.74) is -1.18. The van der Waals surface area contributed by atoms with Crippen LogP contribution in [0.25, 0.3) is 5.82 Å². The maximum atomic E-state index is 13.6. The van der Waals surface area contributed by atoms with Gasteiger partial charge in [0.25, 0.3) is 0 Å². The van der Waals surface area contributed by atoms with Gasteiger partial charge in [0, 0.05) is 19.3 Å². The van der Waals surface area contributed by atoms with Crippen LogP contribution in [0.2, 0.25) is 0 Å². The van der Waals surface area contributed by atoms with E-state index in [0.29, 0.717) is 17.8 Å². The second kappa shape index (κ2) is 11.5. The first-order chi connectivity index (χ1) is 17.3. The first-order valence-electron chi connectivity index (χ1n) is 12.2. The molecular weight excluding hydrogens is 503 g/mol. The minimum atomic E-state index is -1.24. The molecule has 0 aromatic carbocycles. The van der Waals surface area contributed by atoms with Gasteiger partial charge in [-0.3, -0.25) is 9.59 Å². The van der Waals surface area contributed by atoms with Crippen LogP contribution >= 0.6 is 11.6 Å². The Bertz CT molecular complexity index is 1110. The molecule has 2 aromatic heterocycles. The van der Waals surface area contributed by atoms with Crippen molar-refractivity contribution < 1.29 is 23.5 Å². The van der Waals surface area contributed by atoms with Crippen LogP contribution in [0.5, 0.6) is 0 Å². The number of nitrogens with zero attached hydrogens (tertiary/aromatic N) is 4. The van der Waals surface area contributed by atoms with Gasteiger partial charge in [-0.2, -0.15) is 5.10 Å². The maximum absolute atomic E-state index is 13.6. The fraction of sp³-hybridized carbons (Fsp3) is 0.560. The number of nitrogens with one attached hydrogen (secondary N) is 2. The number of rotatable bonds is 7. The number of hydrogen-bond donors (Lipinski definition) is 2. The molecule has 3 amide bonds. The number of carbonyl (C=O) groups is 3. The van der Waals surface area contributed by atoms with Crippen molar-refractivity contribution in [3.8, 4) is 5.82 Å². The number of halogens is 2. The first-order valence-corrected chi connectivity index (χ1v) is 12.7. The van der Waals surface area contributed by atoms with Crippen molar-refractivity contribution in [3.05, 3.63) is 42.1 Å². The van der Waals surface area contributed by atoms with Crippen LogP contribution in [0.3, 0.4) is 0 Å². The van der Waals surface area contributed by atoms with Crippen LogP contribution in [0.4, 0.5) is 9.18 Å². The lowest BCUT2D eigenvalue weighted by molar-refractivity contribution is -0.136. The molecule has 1 aliphatic heterocycles. The Hall–Kier alpha value is -3.21. The van der Waals surface area contributed by atoms with Gasteiger partial charge in [-0.05, 0) is 58.6 Å². The van der Waals surface area contributed by atoms with Gasteiger partial charge in [0.05, 0.1) is 18.4 Å². The van der Waals surface area contributed by atoms with Crippen LogP contribution in [-0.2, 0) is 14.3 Å². The molecule has 2 unspecified atom stereocenters. The summed E-state index contributed by atoms with van der Waals surface area (Å²) in [4.78, 5) is 44.6. The lowest BCUT2D eigenvalue weighted by Crippen LogP contribution is -2.64. The lowest BCUT2D eigenvalue weighted by atomic mass is 9.85. The Morgan fingerprint density at radius 1 is 1.22 bits per heavy atom. The zero-order chi connectivity index (χ0) is 27.4. The van der Waals surface area contributed by atoms with Gasteiger partial charge in [-0.1, -0.05) is 13.0 Å². The van der Waals surface area contributed by atoms with Gasteiger partial charge < -0.3 is 20.3 Å². The Kier molecular flexibility index (Phi) is 8.78. The Labute approximate surface area is 220 Å². The van der Waals surface area contributed by atoms with E-state index in [0.717, 1.165) is 6.20 Å². The highest BCUT2D eigenvalue weighted by atomic mass is 35.5. The van der Waals surface area contributed by atoms with Gasteiger partial charge in [-0.15, -0.1) is 11.6 Å². The molecule has 202 valence electrons. The quantitative estimate of drug-likeness (QED) is 0.523. The fourth-order valence-electron chi connectivity index (χ4n) is 3.94. The predicted molar refractivity (Wildman–Crippen MR) is 136 cm³/mol. The lowest BCUT2D eigenvalue weighted by Gasteiger charge is -2.42. The van der Waals surface area contributed by atoms with Gasteiger partial charge in [-0.25, -0.2) is 18.9 Å². The molecule has 37 heavy (non-hydrogen) atoms. The average Bonchev–Trinajstić information content (AvgIpc) is 3.29. The summed E-state index contributed by atoms with van der Waals surface area (Å²) in [7, 11) is 0. The Morgan fingerprint density at radius 2 is 1.89 bits per heavy atom. The summed E-state index contributed by atoms with van der Waals surface area (Å²) in [6.07, 6.45) is 4.21. The SMILES string of the molecule is CCC(Cl)C(=O)NC1(C(=O)NC(C)c2ccc(-n3cc(F)cn3)nc2)CCN(C(=O)OC(C)(C)C)CC1. The number of likely N-dealkylation sites (tertiary alicyclic amines) is 1. The van der Waals surface area contributed by atoms with Gasteiger partial charge in [0.1, 0.15) is 16.5 Å². The second-order valence-electron chi connectivity index (χ2n) is 10.2. The number of amides is 3. The second-order valence-corrected chi connectivity index (χ2v) is 10.7. The third-order valence-electron chi connectivity index (χ3n) is 6.11. The van der Waals surface area contributed by atoms with E-state index >= 15 is 0 Å². The molecule has 0 saturated carbocycles. The minimum Gasteiger partial charge on any atom is -0.444 e. The number of alkyl halides is 1.